The predicted molar refractivity (Wildman–Crippen MR) is 223 cm³/mol. The number of nitrogens with zero attached hydrogens (tertiary/aromatic N) is 2. The summed E-state index contributed by atoms with van der Waals surface area (Å²) in [7, 11) is 0. The average Bonchev–Trinajstić information content (AvgIpc) is 3.74. The first-order valence-corrected chi connectivity index (χ1v) is 23.5. The van der Waals surface area contributed by atoms with Crippen molar-refractivity contribution in [1.29, 1.82) is 0 Å². The quantitative estimate of drug-likeness (QED) is 0.257. The molecule has 9 heteroatoms. The number of aromatic nitrogens is 2. The Bertz CT molecular complexity index is 1910. The highest BCUT2D eigenvalue weighted by Gasteiger charge is 2.74. The molecule has 7 fully saturated rings. The molecule has 8 nitrogen and oxygen atoms in total. The van der Waals surface area contributed by atoms with Gasteiger partial charge in [-0.2, -0.15) is 0 Å². The molecule has 2 aromatic heterocycles. The number of hydrogen-bond donors (Lipinski definition) is 2. The van der Waals surface area contributed by atoms with Crippen LogP contribution in [-0.2, 0) is 19.1 Å². The number of H-pyrrole nitrogens is 1. The topological polar surface area (TPSA) is 113 Å². The van der Waals surface area contributed by atoms with Crippen LogP contribution in [0, 0.1) is 67.5 Å². The number of nitrogens with one attached hydrogen (secondary N) is 1. The van der Waals surface area contributed by atoms with Gasteiger partial charge in [0, 0.05) is 12.0 Å². The molecule has 1 amide bonds. The second-order valence-corrected chi connectivity index (χ2v) is 23.6. The molecular weight excluding hydrogens is 731 g/mol. The number of aromatic amines is 1. The number of imidazole rings is 1. The second-order valence-electron chi connectivity index (χ2n) is 22.7. The molecule has 1 aliphatic heterocycles. The summed E-state index contributed by atoms with van der Waals surface area (Å²) in [6.07, 6.45) is 17.2. The van der Waals surface area contributed by atoms with Gasteiger partial charge in [0.1, 0.15) is 11.9 Å². The molecule has 2 aromatic rings. The summed E-state index contributed by atoms with van der Waals surface area (Å²) in [5, 5.41) is 11.8. The summed E-state index contributed by atoms with van der Waals surface area (Å²) in [5.74, 6) is 2.63. The molecular formula is C48H69N3O5S. The molecule has 11 atom stereocenters. The van der Waals surface area contributed by atoms with Crippen molar-refractivity contribution in [2.24, 2.45) is 67.5 Å². The highest BCUT2D eigenvalue weighted by atomic mass is 32.1. The third kappa shape index (κ3) is 5.75. The maximum atomic E-state index is 15.6. The lowest BCUT2D eigenvalue weighted by Crippen LogP contribution is -2.67. The molecule has 1 unspecified atom stereocenters. The first kappa shape index (κ1) is 39.8. The summed E-state index contributed by atoms with van der Waals surface area (Å²) in [5.41, 5.74) is 0.242. The Morgan fingerprint density at radius 2 is 1.67 bits per heavy atom. The lowest BCUT2D eigenvalue weighted by atomic mass is 9.32. The first-order valence-electron chi connectivity index (χ1n) is 22.6. The van der Waals surface area contributed by atoms with Crippen LogP contribution in [0.2, 0.25) is 0 Å². The van der Waals surface area contributed by atoms with Crippen molar-refractivity contribution < 1.29 is 24.2 Å². The van der Waals surface area contributed by atoms with Crippen molar-refractivity contribution in [3.8, 4) is 10.6 Å². The van der Waals surface area contributed by atoms with E-state index in [1.54, 1.807) is 25.2 Å². The van der Waals surface area contributed by atoms with Gasteiger partial charge in [-0.05, 0) is 166 Å². The zero-order valence-corrected chi connectivity index (χ0v) is 36.9. The third-order valence-electron chi connectivity index (χ3n) is 19.4. The number of ether oxygens (including phenoxy) is 1. The maximum absolute atomic E-state index is 15.6. The Labute approximate surface area is 345 Å². The number of esters is 1. The fourth-order valence-electron chi connectivity index (χ4n) is 15.8. The minimum absolute atomic E-state index is 0.0232. The molecule has 1 saturated heterocycles. The van der Waals surface area contributed by atoms with E-state index >= 15 is 4.79 Å². The van der Waals surface area contributed by atoms with Crippen LogP contribution in [0.5, 0.6) is 0 Å². The van der Waals surface area contributed by atoms with Crippen molar-refractivity contribution >= 4 is 29.2 Å². The zero-order chi connectivity index (χ0) is 40.6. The van der Waals surface area contributed by atoms with E-state index < -0.39 is 11.4 Å². The fourth-order valence-corrected chi connectivity index (χ4v) is 16.5. The summed E-state index contributed by atoms with van der Waals surface area (Å²) in [6.45, 7) is 19.2. The number of carboxylic acid groups (broad SMARTS) is 1. The molecule has 312 valence electrons. The Morgan fingerprint density at radius 1 is 0.895 bits per heavy atom. The van der Waals surface area contributed by atoms with Gasteiger partial charge >= 0.3 is 11.9 Å². The highest BCUT2D eigenvalue weighted by molar-refractivity contribution is 7.13. The Kier molecular flexibility index (Phi) is 9.18. The van der Waals surface area contributed by atoms with Crippen LogP contribution in [0.3, 0.4) is 0 Å². The lowest BCUT2D eigenvalue weighted by molar-refractivity contribution is -0.251. The molecule has 0 bridgehead atoms. The summed E-state index contributed by atoms with van der Waals surface area (Å²) < 4.78 is 6.24. The summed E-state index contributed by atoms with van der Waals surface area (Å²) in [6, 6.07) is 4.24. The number of amides is 1. The minimum Gasteiger partial charge on any atom is -0.481 e. The standard InChI is InChI=1S/C48H69N3O5S/c1-42(2,41(54)55)27-37(52)56-36-17-18-45(6)34(43(36,3)4)16-19-47(8)35(45)14-13-30-38-29(44(5)21-22-44)15-20-48(38,24-23-46(30,47)7)40(53)51-25-9-11-32(51)39-49-28-31(50-39)33-12-10-26-57-33/h10,12,26,28-30,32,34-36,38H,9,11,13-25,27H2,1-8H3,(H,49,50)(H,54,55)/t29?,30-,32+,34+,35-,36+,38-,45+,46-,47-,48+/m1/s1. The zero-order valence-electron chi connectivity index (χ0n) is 36.0. The van der Waals surface area contributed by atoms with Crippen molar-refractivity contribution in [3.05, 3.63) is 29.5 Å². The second kappa shape index (κ2) is 13.2. The van der Waals surface area contributed by atoms with Crippen LogP contribution in [-0.4, -0.2) is 50.5 Å². The average molecular weight is 800 g/mol. The lowest BCUT2D eigenvalue weighted by Gasteiger charge is -2.73. The normalized spacial score (nSPS) is 41.7. The van der Waals surface area contributed by atoms with Gasteiger partial charge in [0.15, 0.2) is 0 Å². The number of aliphatic carboxylic acids is 1. The molecule has 0 spiro atoms. The molecule has 57 heavy (non-hydrogen) atoms. The van der Waals surface area contributed by atoms with Crippen LogP contribution < -0.4 is 0 Å². The van der Waals surface area contributed by atoms with Gasteiger partial charge in [0.25, 0.3) is 0 Å². The fraction of sp³-hybridized carbons (Fsp3) is 0.792. The molecule has 6 aliphatic carbocycles. The predicted octanol–water partition coefficient (Wildman–Crippen LogP) is 11.1. The van der Waals surface area contributed by atoms with Gasteiger partial charge in [-0.15, -0.1) is 11.3 Å². The van der Waals surface area contributed by atoms with Crippen molar-refractivity contribution in [1.82, 2.24) is 14.9 Å². The number of hydrogen-bond acceptors (Lipinski definition) is 6. The van der Waals surface area contributed by atoms with Gasteiger partial charge in [-0.25, -0.2) is 4.98 Å². The minimum atomic E-state index is -1.15. The molecule has 7 aliphatic rings. The molecule has 0 aromatic carbocycles. The number of carbonyl (C=O) groups is 3. The number of rotatable bonds is 8. The molecule has 0 radical (unpaired) electrons. The third-order valence-corrected chi connectivity index (χ3v) is 20.3. The molecule has 9 rings (SSSR count). The van der Waals surface area contributed by atoms with Crippen molar-refractivity contribution in [2.75, 3.05) is 6.54 Å². The SMILES string of the molecule is CC(C)(CC(=O)O[C@H]1CC[C@]2(C)[C@H]3CC[C@@H]4[C@H]5C(C6(C)CC6)CC[C@]5(C(=O)N5CCC[C@H]5c5ncc(-c6cccs6)[nH]5)CC[C@@]4(C)[C@]3(C)CC[C@H]2C1(C)C)C(=O)O. The van der Waals surface area contributed by atoms with E-state index in [1.165, 1.54) is 43.4 Å². The first-order chi connectivity index (χ1) is 26.8. The van der Waals surface area contributed by atoms with Gasteiger partial charge in [0.2, 0.25) is 5.91 Å². The van der Waals surface area contributed by atoms with Crippen molar-refractivity contribution in [2.45, 2.75) is 164 Å². The summed E-state index contributed by atoms with van der Waals surface area (Å²) >= 11 is 1.72. The van der Waals surface area contributed by atoms with Crippen LogP contribution in [0.25, 0.3) is 10.6 Å². The Balaban J connectivity index is 0.993. The monoisotopic (exact) mass is 799 g/mol. The number of thiophene rings is 1. The summed E-state index contributed by atoms with van der Waals surface area (Å²) in [4.78, 5) is 52.7. The van der Waals surface area contributed by atoms with Crippen molar-refractivity contribution in [3.63, 3.8) is 0 Å². The van der Waals surface area contributed by atoms with Crippen LogP contribution in [0.15, 0.2) is 23.7 Å². The maximum Gasteiger partial charge on any atom is 0.309 e. The van der Waals surface area contributed by atoms with E-state index in [4.69, 9.17) is 9.72 Å². The highest BCUT2D eigenvalue weighted by Crippen LogP contribution is 2.79. The number of likely N-dealkylation sites (tertiary alicyclic amines) is 1. The Morgan fingerprint density at radius 3 is 2.37 bits per heavy atom. The molecule has 3 heterocycles. The van der Waals surface area contributed by atoms with E-state index in [-0.39, 0.29) is 51.6 Å². The van der Waals surface area contributed by atoms with E-state index in [0.29, 0.717) is 40.9 Å². The van der Waals surface area contributed by atoms with Gasteiger partial charge in [-0.3, -0.25) is 14.4 Å². The molecule has 2 N–H and O–H groups in total. The Hall–Kier alpha value is -2.68. The van der Waals surface area contributed by atoms with E-state index in [1.807, 2.05) is 6.20 Å². The number of carboxylic acids is 1. The van der Waals surface area contributed by atoms with E-state index in [2.05, 4.69) is 68.9 Å². The van der Waals surface area contributed by atoms with Gasteiger partial charge in [-0.1, -0.05) is 47.6 Å². The molecule has 6 saturated carbocycles. The van der Waals surface area contributed by atoms with Crippen LogP contribution >= 0.6 is 11.3 Å². The van der Waals surface area contributed by atoms with Gasteiger partial charge in [0.05, 0.1) is 40.1 Å². The number of carbonyl (C=O) groups excluding carboxylic acids is 2. The van der Waals surface area contributed by atoms with Gasteiger partial charge < -0.3 is 19.7 Å². The smallest absolute Gasteiger partial charge is 0.309 e. The van der Waals surface area contributed by atoms with E-state index in [9.17, 15) is 14.7 Å². The largest absolute Gasteiger partial charge is 0.481 e. The van der Waals surface area contributed by atoms with E-state index in [0.717, 1.165) is 69.4 Å². The van der Waals surface area contributed by atoms with Crippen LogP contribution in [0.4, 0.5) is 0 Å². The number of fused-ring (bicyclic) bond motifs is 7. The van der Waals surface area contributed by atoms with Crippen LogP contribution in [0.1, 0.15) is 164 Å².